The van der Waals surface area contributed by atoms with E-state index >= 15 is 0 Å². The van der Waals surface area contributed by atoms with E-state index in [1.165, 1.54) is 12.0 Å². The summed E-state index contributed by atoms with van der Waals surface area (Å²) in [5.41, 5.74) is 1.65. The van der Waals surface area contributed by atoms with Crippen molar-refractivity contribution in [3.63, 3.8) is 0 Å². The van der Waals surface area contributed by atoms with Crippen LogP contribution in [0.15, 0.2) is 48.5 Å². The van der Waals surface area contributed by atoms with Crippen molar-refractivity contribution in [3.05, 3.63) is 54.1 Å². The van der Waals surface area contributed by atoms with Crippen LogP contribution in [0.25, 0.3) is 0 Å². The molecule has 0 saturated carbocycles. The highest BCUT2D eigenvalue weighted by Crippen LogP contribution is 2.34. The second kappa shape index (κ2) is 7.47. The van der Waals surface area contributed by atoms with Gasteiger partial charge in [0.15, 0.2) is 6.10 Å². The Morgan fingerprint density at radius 1 is 1.19 bits per heavy atom. The predicted molar refractivity (Wildman–Crippen MR) is 96.5 cm³/mol. The van der Waals surface area contributed by atoms with Gasteiger partial charge in [0.25, 0.3) is 5.91 Å². The van der Waals surface area contributed by atoms with Crippen LogP contribution >= 0.6 is 0 Å². The number of aryl methyl sites for hydroxylation is 1. The number of amides is 1. The van der Waals surface area contributed by atoms with Gasteiger partial charge in [0.2, 0.25) is 6.10 Å². The minimum atomic E-state index is -0.870. The molecule has 1 aliphatic rings. The molecule has 0 aromatic heterocycles. The molecule has 0 radical (unpaired) electrons. The number of benzene rings is 2. The molecule has 26 heavy (non-hydrogen) atoms. The molecule has 3 rings (SSSR count). The number of nitrogens with zero attached hydrogens (tertiary/aromatic N) is 1. The van der Waals surface area contributed by atoms with Gasteiger partial charge in [0, 0.05) is 0 Å². The summed E-state index contributed by atoms with van der Waals surface area (Å²) < 4.78 is 16.2. The Hall–Kier alpha value is -3.02. The molecule has 0 aliphatic carbocycles. The number of ether oxygens (including phenoxy) is 3. The maximum atomic E-state index is 13.0. The summed E-state index contributed by atoms with van der Waals surface area (Å²) in [6, 6.07) is 14.6. The zero-order chi connectivity index (χ0) is 18.7. The third-order valence-electron chi connectivity index (χ3n) is 4.15. The Morgan fingerprint density at radius 2 is 1.96 bits per heavy atom. The van der Waals surface area contributed by atoms with E-state index in [2.05, 4.69) is 0 Å². The van der Waals surface area contributed by atoms with Gasteiger partial charge in [0.05, 0.1) is 19.3 Å². The van der Waals surface area contributed by atoms with E-state index in [0.717, 1.165) is 5.56 Å². The number of carbonyl (C=O) groups is 2. The average molecular weight is 355 g/mol. The smallest absolute Gasteiger partial charge is 0.348 e. The third-order valence-corrected chi connectivity index (χ3v) is 4.15. The molecule has 1 heterocycles. The fourth-order valence-electron chi connectivity index (χ4n) is 2.86. The lowest BCUT2D eigenvalue weighted by atomic mass is 10.1. The van der Waals surface area contributed by atoms with Crippen LogP contribution in [0.1, 0.15) is 12.5 Å². The quantitative estimate of drug-likeness (QED) is 0.789. The number of hydrogen-bond donors (Lipinski definition) is 0. The lowest BCUT2D eigenvalue weighted by Gasteiger charge is -2.34. The maximum Gasteiger partial charge on any atom is 0.348 e. The molecule has 0 unspecified atom stereocenters. The molecule has 0 bridgehead atoms. The van der Waals surface area contributed by atoms with E-state index in [9.17, 15) is 9.59 Å². The molecule has 2 aromatic rings. The number of para-hydroxylation sites is 2. The van der Waals surface area contributed by atoms with Crippen molar-refractivity contribution in [2.45, 2.75) is 26.1 Å². The zero-order valence-corrected chi connectivity index (χ0v) is 15.0. The van der Waals surface area contributed by atoms with Crippen molar-refractivity contribution in [3.8, 4) is 11.5 Å². The first-order chi connectivity index (χ1) is 12.5. The monoisotopic (exact) mass is 355 g/mol. The highest BCUT2D eigenvalue weighted by Gasteiger charge is 2.36. The van der Waals surface area contributed by atoms with Crippen molar-refractivity contribution >= 4 is 17.6 Å². The lowest BCUT2D eigenvalue weighted by Crippen LogP contribution is -2.51. The molecular weight excluding hydrogens is 334 g/mol. The zero-order valence-electron chi connectivity index (χ0n) is 15.0. The van der Waals surface area contributed by atoms with Crippen LogP contribution in [0.2, 0.25) is 0 Å². The van der Waals surface area contributed by atoms with Crippen LogP contribution in [0.4, 0.5) is 5.69 Å². The largest absolute Gasteiger partial charge is 0.481 e. The molecular formula is C20H21NO5. The average Bonchev–Trinajstić information content (AvgIpc) is 2.65. The minimum absolute atomic E-state index is 0.0734. The van der Waals surface area contributed by atoms with Gasteiger partial charge in [-0.2, -0.15) is 0 Å². The Morgan fingerprint density at radius 3 is 2.69 bits per heavy atom. The molecule has 136 valence electrons. The van der Waals surface area contributed by atoms with Gasteiger partial charge in [-0.1, -0.05) is 24.3 Å². The molecule has 2 atom stereocenters. The van der Waals surface area contributed by atoms with Crippen molar-refractivity contribution in [1.29, 1.82) is 0 Å². The second-order valence-electron chi connectivity index (χ2n) is 6.12. The normalized spacial score (nSPS) is 16.9. The number of rotatable bonds is 4. The summed E-state index contributed by atoms with van der Waals surface area (Å²) in [5, 5.41) is 0. The van der Waals surface area contributed by atoms with Crippen molar-refractivity contribution in [2.75, 3.05) is 18.6 Å². The molecule has 6 heteroatoms. The Labute approximate surface area is 152 Å². The van der Waals surface area contributed by atoms with Gasteiger partial charge in [-0.15, -0.1) is 0 Å². The summed E-state index contributed by atoms with van der Waals surface area (Å²) in [6.07, 6.45) is -1.59. The predicted octanol–water partition coefficient (Wildman–Crippen LogP) is 2.73. The van der Waals surface area contributed by atoms with Gasteiger partial charge in [-0.3, -0.25) is 4.79 Å². The first kappa shape index (κ1) is 17.8. The third kappa shape index (κ3) is 3.64. The van der Waals surface area contributed by atoms with Gasteiger partial charge in [-0.05, 0) is 43.7 Å². The van der Waals surface area contributed by atoms with E-state index in [1.54, 1.807) is 31.2 Å². The minimum Gasteiger partial charge on any atom is -0.481 e. The highest BCUT2D eigenvalue weighted by atomic mass is 16.6. The van der Waals surface area contributed by atoms with Crippen LogP contribution in [0.3, 0.4) is 0 Å². The number of esters is 1. The Bertz CT molecular complexity index is 819. The highest BCUT2D eigenvalue weighted by molar-refractivity contribution is 5.99. The molecule has 2 aromatic carbocycles. The Balaban J connectivity index is 1.83. The van der Waals surface area contributed by atoms with E-state index < -0.39 is 18.2 Å². The van der Waals surface area contributed by atoms with Crippen LogP contribution in [0.5, 0.6) is 11.5 Å². The maximum absolute atomic E-state index is 13.0. The molecule has 1 aliphatic heterocycles. The molecule has 0 spiro atoms. The number of fused-ring (bicyclic) bond motifs is 1. The van der Waals surface area contributed by atoms with Crippen LogP contribution < -0.4 is 14.4 Å². The summed E-state index contributed by atoms with van der Waals surface area (Å²) in [4.78, 5) is 26.4. The van der Waals surface area contributed by atoms with Crippen molar-refractivity contribution in [2.24, 2.45) is 0 Å². The van der Waals surface area contributed by atoms with E-state index in [4.69, 9.17) is 14.2 Å². The number of carbonyl (C=O) groups excluding carboxylic acids is 2. The topological polar surface area (TPSA) is 65.1 Å². The summed E-state index contributed by atoms with van der Waals surface area (Å²) in [7, 11) is 1.29. The first-order valence-electron chi connectivity index (χ1n) is 8.38. The van der Waals surface area contributed by atoms with E-state index in [0.29, 0.717) is 17.2 Å². The van der Waals surface area contributed by atoms with Gasteiger partial charge >= 0.3 is 5.97 Å². The van der Waals surface area contributed by atoms with Crippen LogP contribution in [-0.4, -0.2) is 37.7 Å². The molecule has 0 saturated heterocycles. The summed E-state index contributed by atoms with van der Waals surface area (Å²) in [6.45, 7) is 3.72. The van der Waals surface area contributed by atoms with Crippen molar-refractivity contribution < 1.29 is 23.8 Å². The van der Waals surface area contributed by atoms with Crippen molar-refractivity contribution in [1.82, 2.24) is 0 Å². The fourth-order valence-corrected chi connectivity index (χ4v) is 2.86. The molecule has 0 fully saturated rings. The molecule has 6 nitrogen and oxygen atoms in total. The Kier molecular flexibility index (Phi) is 5.11. The molecule has 0 N–H and O–H groups in total. The first-order valence-corrected chi connectivity index (χ1v) is 8.38. The van der Waals surface area contributed by atoms with Gasteiger partial charge < -0.3 is 19.1 Å². The fraction of sp³-hybridized carbons (Fsp3) is 0.300. The standard InChI is InChI=1S/C20H21NO5/c1-13-7-6-8-15(11-13)25-14(2)19(22)21-12-18(20(23)24-3)26-17-10-5-4-9-16(17)21/h4-11,14,18H,12H2,1-3H3/t14-,18-/m1/s1. The van der Waals surface area contributed by atoms with Gasteiger partial charge in [0.1, 0.15) is 11.5 Å². The van der Waals surface area contributed by atoms with Gasteiger partial charge in [-0.25, -0.2) is 4.79 Å². The van der Waals surface area contributed by atoms with Crippen LogP contribution in [0, 0.1) is 6.92 Å². The summed E-state index contributed by atoms with van der Waals surface area (Å²) in [5.74, 6) is 0.308. The lowest BCUT2D eigenvalue weighted by molar-refractivity contribution is -0.148. The number of methoxy groups -OCH3 is 1. The number of hydrogen-bond acceptors (Lipinski definition) is 5. The van der Waals surface area contributed by atoms with Crippen LogP contribution in [-0.2, 0) is 14.3 Å². The molecule has 1 amide bonds. The SMILES string of the molecule is COC(=O)[C@H]1CN(C(=O)[C@@H](C)Oc2cccc(C)c2)c2ccccc2O1. The summed E-state index contributed by atoms with van der Waals surface area (Å²) >= 11 is 0. The number of anilines is 1. The van der Waals surface area contributed by atoms with E-state index in [1.807, 2.05) is 31.2 Å². The second-order valence-corrected chi connectivity index (χ2v) is 6.12. The van der Waals surface area contributed by atoms with E-state index in [-0.39, 0.29) is 12.5 Å².